The minimum absolute atomic E-state index is 0.0286. The molecule has 0 aliphatic rings. The van der Waals surface area contributed by atoms with Gasteiger partial charge in [0.2, 0.25) is 0 Å². The summed E-state index contributed by atoms with van der Waals surface area (Å²) in [7, 11) is 1.33. The number of hydrogen-bond donors (Lipinski definition) is 1. The zero-order chi connectivity index (χ0) is 23.0. The lowest BCUT2D eigenvalue weighted by Gasteiger charge is -2.20. The number of ether oxygens (including phenoxy) is 1. The number of aromatic nitrogens is 1. The van der Waals surface area contributed by atoms with E-state index in [0.717, 1.165) is 6.07 Å². The average Bonchev–Trinajstić information content (AvgIpc) is 3.09. The summed E-state index contributed by atoms with van der Waals surface area (Å²) in [5.41, 5.74) is -0.595. The van der Waals surface area contributed by atoms with Gasteiger partial charge in [-0.05, 0) is 57.2 Å². The number of amides is 1. The minimum Gasteiger partial charge on any atom is -0.456 e. The van der Waals surface area contributed by atoms with E-state index in [4.69, 9.17) is 25.2 Å². The highest BCUT2D eigenvalue weighted by atomic mass is 35.7. The molecule has 0 radical (unpaired) electrons. The first-order valence-corrected chi connectivity index (χ1v) is 11.1. The zero-order valence-corrected chi connectivity index (χ0v) is 18.2. The number of halogens is 1. The SMILES string of the molecule is CC(C)(C)OC(=O)c1cc(C#N)ccc1NC(=O)c1noc2ccc(S(=O)(=O)Cl)cc12. The van der Waals surface area contributed by atoms with Gasteiger partial charge in [-0.2, -0.15) is 5.26 Å². The predicted octanol–water partition coefficient (Wildman–Crippen LogP) is 3.83. The fourth-order valence-corrected chi connectivity index (χ4v) is 3.42. The molecular formula is C20H16ClN3O6S. The van der Waals surface area contributed by atoms with E-state index >= 15 is 0 Å². The van der Waals surface area contributed by atoms with Crippen LogP contribution in [0.5, 0.6) is 0 Å². The van der Waals surface area contributed by atoms with Gasteiger partial charge in [-0.3, -0.25) is 4.79 Å². The van der Waals surface area contributed by atoms with Crippen LogP contribution >= 0.6 is 10.7 Å². The van der Waals surface area contributed by atoms with Crippen molar-refractivity contribution in [2.75, 3.05) is 5.32 Å². The van der Waals surface area contributed by atoms with Crippen molar-refractivity contribution in [3.8, 4) is 6.07 Å². The number of esters is 1. The number of carbonyl (C=O) groups excluding carboxylic acids is 2. The lowest BCUT2D eigenvalue weighted by atomic mass is 10.1. The number of anilines is 1. The molecule has 2 aromatic carbocycles. The molecule has 160 valence electrons. The average molecular weight is 462 g/mol. The molecule has 0 saturated heterocycles. The van der Waals surface area contributed by atoms with E-state index in [1.807, 2.05) is 6.07 Å². The summed E-state index contributed by atoms with van der Waals surface area (Å²) in [5.74, 6) is -1.50. The van der Waals surface area contributed by atoms with Gasteiger partial charge < -0.3 is 14.6 Å². The highest BCUT2D eigenvalue weighted by Gasteiger charge is 2.24. The Morgan fingerprint density at radius 1 is 1.19 bits per heavy atom. The number of nitrogens with one attached hydrogen (secondary N) is 1. The van der Waals surface area contributed by atoms with Crippen molar-refractivity contribution < 1.29 is 27.3 Å². The molecule has 11 heteroatoms. The van der Waals surface area contributed by atoms with Crippen LogP contribution in [-0.2, 0) is 13.8 Å². The fourth-order valence-electron chi connectivity index (χ4n) is 2.64. The highest BCUT2D eigenvalue weighted by Crippen LogP contribution is 2.26. The van der Waals surface area contributed by atoms with Crippen LogP contribution in [0.15, 0.2) is 45.8 Å². The standard InChI is InChI=1S/C20H16ClN3O6S/c1-20(2,3)29-19(26)13-8-11(10-22)4-6-15(13)23-18(25)17-14-9-12(31(21,27)28)5-7-16(14)30-24-17/h4-9H,1-3H3,(H,23,25). The molecule has 3 rings (SSSR count). The maximum absolute atomic E-state index is 12.8. The molecule has 0 unspecified atom stereocenters. The monoisotopic (exact) mass is 461 g/mol. The molecule has 0 bridgehead atoms. The zero-order valence-electron chi connectivity index (χ0n) is 16.6. The molecule has 1 heterocycles. The second-order valence-corrected chi connectivity index (χ2v) is 10.0. The summed E-state index contributed by atoms with van der Waals surface area (Å²) in [6.07, 6.45) is 0. The van der Waals surface area contributed by atoms with Gasteiger partial charge in [0.05, 0.1) is 33.2 Å². The highest BCUT2D eigenvalue weighted by molar-refractivity contribution is 8.13. The van der Waals surface area contributed by atoms with E-state index in [-0.39, 0.29) is 38.4 Å². The second kappa shape index (κ2) is 8.02. The van der Waals surface area contributed by atoms with Gasteiger partial charge in [0.25, 0.3) is 15.0 Å². The number of nitriles is 1. The second-order valence-electron chi connectivity index (χ2n) is 7.46. The van der Waals surface area contributed by atoms with Gasteiger partial charge >= 0.3 is 5.97 Å². The Kier molecular flexibility index (Phi) is 5.76. The first-order chi connectivity index (χ1) is 14.4. The lowest BCUT2D eigenvalue weighted by molar-refractivity contribution is 0.00707. The summed E-state index contributed by atoms with van der Waals surface area (Å²) in [5, 5.41) is 15.5. The molecule has 0 aliphatic carbocycles. The number of rotatable bonds is 4. The van der Waals surface area contributed by atoms with Crippen LogP contribution in [0.1, 0.15) is 47.2 Å². The number of benzene rings is 2. The fraction of sp³-hybridized carbons (Fsp3) is 0.200. The molecule has 0 saturated carbocycles. The van der Waals surface area contributed by atoms with Gasteiger partial charge in [-0.15, -0.1) is 0 Å². The minimum atomic E-state index is -4.04. The van der Waals surface area contributed by atoms with Crippen molar-refractivity contribution >= 4 is 48.3 Å². The van der Waals surface area contributed by atoms with Crippen molar-refractivity contribution in [1.82, 2.24) is 5.16 Å². The first kappa shape index (κ1) is 22.3. The Hall–Kier alpha value is -3.42. The van der Waals surface area contributed by atoms with E-state index in [9.17, 15) is 18.0 Å². The van der Waals surface area contributed by atoms with Gasteiger partial charge in [-0.1, -0.05) is 5.16 Å². The third kappa shape index (κ3) is 5.02. The van der Waals surface area contributed by atoms with Gasteiger partial charge in [-0.25, -0.2) is 13.2 Å². The summed E-state index contributed by atoms with van der Waals surface area (Å²) >= 11 is 0. The molecule has 0 atom stereocenters. The summed E-state index contributed by atoms with van der Waals surface area (Å²) in [6, 6.07) is 9.72. The molecule has 9 nitrogen and oxygen atoms in total. The van der Waals surface area contributed by atoms with Gasteiger partial charge in [0.15, 0.2) is 11.3 Å². The molecule has 1 amide bonds. The van der Waals surface area contributed by atoms with E-state index in [1.54, 1.807) is 20.8 Å². The third-order valence-electron chi connectivity index (χ3n) is 3.95. The Morgan fingerprint density at radius 2 is 1.90 bits per heavy atom. The normalized spacial score (nSPS) is 11.7. The van der Waals surface area contributed by atoms with Crippen LogP contribution < -0.4 is 5.32 Å². The lowest BCUT2D eigenvalue weighted by Crippen LogP contribution is -2.25. The van der Waals surface area contributed by atoms with E-state index in [1.165, 1.54) is 30.3 Å². The number of nitrogens with zero attached hydrogens (tertiary/aromatic N) is 2. The topological polar surface area (TPSA) is 139 Å². The van der Waals surface area contributed by atoms with E-state index in [0.29, 0.717) is 0 Å². The maximum atomic E-state index is 12.8. The number of hydrogen-bond acceptors (Lipinski definition) is 8. The molecule has 0 aliphatic heterocycles. The van der Waals surface area contributed by atoms with E-state index in [2.05, 4.69) is 10.5 Å². The summed E-state index contributed by atoms with van der Waals surface area (Å²) < 4.78 is 33.6. The summed E-state index contributed by atoms with van der Waals surface area (Å²) in [6.45, 7) is 5.05. The van der Waals surface area contributed by atoms with Crippen LogP contribution in [0.4, 0.5) is 5.69 Å². The van der Waals surface area contributed by atoms with Crippen molar-refractivity contribution in [2.45, 2.75) is 31.3 Å². The quantitative estimate of drug-likeness (QED) is 0.456. The number of fused-ring (bicyclic) bond motifs is 1. The number of carbonyl (C=O) groups is 2. The maximum Gasteiger partial charge on any atom is 0.340 e. The van der Waals surface area contributed by atoms with Crippen molar-refractivity contribution in [3.05, 3.63) is 53.2 Å². The van der Waals surface area contributed by atoms with Crippen LogP contribution in [-0.4, -0.2) is 31.1 Å². The van der Waals surface area contributed by atoms with Crippen molar-refractivity contribution in [3.63, 3.8) is 0 Å². The smallest absolute Gasteiger partial charge is 0.340 e. The van der Waals surface area contributed by atoms with Crippen LogP contribution in [0.3, 0.4) is 0 Å². The van der Waals surface area contributed by atoms with Gasteiger partial charge in [0.1, 0.15) is 5.60 Å². The molecule has 31 heavy (non-hydrogen) atoms. The predicted molar refractivity (Wildman–Crippen MR) is 111 cm³/mol. The van der Waals surface area contributed by atoms with E-state index < -0.39 is 26.5 Å². The molecule has 0 fully saturated rings. The molecule has 3 aromatic rings. The Labute approximate surface area is 182 Å². The molecule has 1 N–H and O–H groups in total. The molecule has 1 aromatic heterocycles. The Balaban J connectivity index is 2.00. The largest absolute Gasteiger partial charge is 0.456 e. The van der Waals surface area contributed by atoms with Crippen LogP contribution in [0.25, 0.3) is 11.0 Å². The third-order valence-corrected chi connectivity index (χ3v) is 5.31. The Morgan fingerprint density at radius 3 is 2.52 bits per heavy atom. The van der Waals surface area contributed by atoms with Crippen molar-refractivity contribution in [2.24, 2.45) is 0 Å². The first-order valence-electron chi connectivity index (χ1n) is 8.82. The summed E-state index contributed by atoms with van der Waals surface area (Å²) in [4.78, 5) is 25.2. The van der Waals surface area contributed by atoms with Gasteiger partial charge in [0, 0.05) is 10.7 Å². The van der Waals surface area contributed by atoms with Crippen LogP contribution in [0.2, 0.25) is 0 Å². The molecular weight excluding hydrogens is 446 g/mol. The molecule has 0 spiro atoms. The van der Waals surface area contributed by atoms with Crippen molar-refractivity contribution in [1.29, 1.82) is 5.26 Å². The Bertz CT molecular complexity index is 1350. The van der Waals surface area contributed by atoms with Crippen LogP contribution in [0, 0.1) is 11.3 Å².